The van der Waals surface area contributed by atoms with Gasteiger partial charge in [-0.25, -0.2) is 8.42 Å². The Morgan fingerprint density at radius 3 is 2.34 bits per heavy atom. The minimum atomic E-state index is -3.85. The zero-order valence-corrected chi connectivity index (χ0v) is 26.7. The van der Waals surface area contributed by atoms with Crippen molar-refractivity contribution in [2.24, 2.45) is 11.3 Å². The number of rotatable bonds is 10. The highest BCUT2D eigenvalue weighted by molar-refractivity contribution is 7.92. The molecular formula is C33H33Cl2N3O5S. The Labute approximate surface area is 267 Å². The summed E-state index contributed by atoms with van der Waals surface area (Å²) in [6, 6.07) is 21.9. The average Bonchev–Trinajstić information content (AvgIpc) is 3.80. The predicted octanol–water partition coefficient (Wildman–Crippen LogP) is 6.65. The smallest absolute Gasteiger partial charge is 0.304 e. The topological polar surface area (TPSA) is 119 Å². The minimum Gasteiger partial charge on any atom is -0.481 e. The van der Waals surface area contributed by atoms with Crippen LogP contribution in [0.4, 0.5) is 5.69 Å². The Morgan fingerprint density at radius 2 is 1.75 bits per heavy atom. The number of piperidine rings is 1. The fourth-order valence-electron chi connectivity index (χ4n) is 6.52. The van der Waals surface area contributed by atoms with Crippen LogP contribution in [0.5, 0.6) is 0 Å². The molecule has 3 aromatic rings. The molecule has 8 nitrogen and oxygen atoms in total. The standard InChI is InChI=1S/C33H33Cl2N3O5S/c1-33(18-30(39)40)17-28(24-6-4-7-26(35)16-24)31(23-11-13-25(34)14-12-23)38(32(33)41)29(22-9-10-22)20-37(44(2,42)43)27-8-3-5-21(15-27)19-36/h3-8,11-16,22,28-29,31H,9-10,17-18,20H2,1-2H3,(H,39,40). The first-order valence-electron chi connectivity index (χ1n) is 14.3. The molecule has 1 N–H and O–H groups in total. The molecule has 0 bridgehead atoms. The van der Waals surface area contributed by atoms with Crippen molar-refractivity contribution in [2.75, 3.05) is 17.1 Å². The zero-order chi connectivity index (χ0) is 31.8. The van der Waals surface area contributed by atoms with Crippen LogP contribution in [0.1, 0.15) is 61.3 Å². The number of halogens is 2. The maximum absolute atomic E-state index is 14.7. The van der Waals surface area contributed by atoms with Gasteiger partial charge in [0.2, 0.25) is 15.9 Å². The molecule has 5 rings (SSSR count). The van der Waals surface area contributed by atoms with Crippen molar-refractivity contribution in [1.82, 2.24) is 4.90 Å². The summed E-state index contributed by atoms with van der Waals surface area (Å²) < 4.78 is 27.8. The molecule has 3 aromatic carbocycles. The zero-order valence-electron chi connectivity index (χ0n) is 24.4. The number of anilines is 1. The summed E-state index contributed by atoms with van der Waals surface area (Å²) in [5.41, 5.74) is 1.01. The van der Waals surface area contributed by atoms with Gasteiger partial charge in [-0.05, 0) is 78.8 Å². The number of hydrogen-bond acceptors (Lipinski definition) is 5. The molecule has 1 amide bonds. The van der Waals surface area contributed by atoms with Crippen molar-refractivity contribution >= 4 is 50.8 Å². The van der Waals surface area contributed by atoms with E-state index in [4.69, 9.17) is 23.2 Å². The monoisotopic (exact) mass is 653 g/mol. The lowest BCUT2D eigenvalue weighted by molar-refractivity contribution is -0.160. The third-order valence-electron chi connectivity index (χ3n) is 8.67. The van der Waals surface area contributed by atoms with Crippen LogP contribution in [0.15, 0.2) is 72.8 Å². The molecule has 0 aromatic heterocycles. The maximum atomic E-state index is 14.7. The van der Waals surface area contributed by atoms with Crippen LogP contribution < -0.4 is 4.31 Å². The fraction of sp³-hybridized carbons (Fsp3) is 0.364. The van der Waals surface area contributed by atoms with Crippen LogP contribution in [0, 0.1) is 22.7 Å². The van der Waals surface area contributed by atoms with Gasteiger partial charge in [-0.3, -0.25) is 13.9 Å². The van der Waals surface area contributed by atoms with Gasteiger partial charge >= 0.3 is 5.97 Å². The van der Waals surface area contributed by atoms with Crippen LogP contribution in [-0.2, 0) is 19.6 Å². The van der Waals surface area contributed by atoms with Crippen LogP contribution in [0.2, 0.25) is 10.0 Å². The molecule has 0 radical (unpaired) electrons. The van der Waals surface area contributed by atoms with E-state index in [9.17, 15) is 28.4 Å². The lowest BCUT2D eigenvalue weighted by Crippen LogP contribution is -2.59. The van der Waals surface area contributed by atoms with Crippen LogP contribution in [0.25, 0.3) is 0 Å². The molecular weight excluding hydrogens is 621 g/mol. The van der Waals surface area contributed by atoms with E-state index in [0.717, 1.165) is 30.2 Å². The first-order valence-corrected chi connectivity index (χ1v) is 16.9. The second-order valence-corrected chi connectivity index (χ2v) is 14.8. The highest BCUT2D eigenvalue weighted by Gasteiger charge is 2.55. The number of carboxylic acids is 1. The third-order valence-corrected chi connectivity index (χ3v) is 10.3. The van der Waals surface area contributed by atoms with E-state index in [2.05, 4.69) is 6.07 Å². The highest BCUT2D eigenvalue weighted by Crippen LogP contribution is 2.54. The second-order valence-electron chi connectivity index (χ2n) is 12.1. The molecule has 230 valence electrons. The van der Waals surface area contributed by atoms with Gasteiger partial charge in [-0.1, -0.05) is 60.5 Å². The molecule has 0 spiro atoms. The van der Waals surface area contributed by atoms with Gasteiger partial charge in [-0.2, -0.15) is 5.26 Å². The number of carboxylic acid groups (broad SMARTS) is 1. The van der Waals surface area contributed by atoms with Crippen molar-refractivity contribution < 1.29 is 23.1 Å². The highest BCUT2D eigenvalue weighted by atomic mass is 35.5. The van der Waals surface area contributed by atoms with Gasteiger partial charge in [0.25, 0.3) is 0 Å². The van der Waals surface area contributed by atoms with Crippen LogP contribution in [-0.4, -0.2) is 49.1 Å². The molecule has 44 heavy (non-hydrogen) atoms. The van der Waals surface area contributed by atoms with Crippen molar-refractivity contribution in [3.05, 3.63) is 99.5 Å². The number of benzene rings is 3. The van der Waals surface area contributed by atoms with Crippen molar-refractivity contribution in [2.45, 2.75) is 50.6 Å². The van der Waals surface area contributed by atoms with Gasteiger partial charge in [0, 0.05) is 16.0 Å². The molecule has 11 heteroatoms. The fourth-order valence-corrected chi connectivity index (χ4v) is 7.77. The summed E-state index contributed by atoms with van der Waals surface area (Å²) in [5, 5.41) is 20.5. The van der Waals surface area contributed by atoms with E-state index in [-0.39, 0.29) is 37.1 Å². The molecule has 1 saturated carbocycles. The number of likely N-dealkylation sites (tertiary alicyclic amines) is 1. The summed E-state index contributed by atoms with van der Waals surface area (Å²) in [6.45, 7) is 1.63. The SMILES string of the molecule is CC1(CC(=O)O)CC(c2cccc(Cl)c2)C(c2ccc(Cl)cc2)N(C(CN(c2cccc(C#N)c2)S(C)(=O)=O)C2CC2)C1=O. The molecule has 1 aliphatic heterocycles. The Hall–Kier alpha value is -3.58. The Morgan fingerprint density at radius 1 is 1.07 bits per heavy atom. The van der Waals surface area contributed by atoms with E-state index in [0.29, 0.717) is 21.3 Å². The molecule has 2 fully saturated rings. The first kappa shape index (κ1) is 31.8. The summed E-state index contributed by atoms with van der Waals surface area (Å²) in [6.07, 6.45) is 2.54. The number of aliphatic carboxylic acids is 1. The number of carbonyl (C=O) groups excluding carboxylic acids is 1. The van der Waals surface area contributed by atoms with E-state index >= 15 is 0 Å². The Bertz CT molecular complexity index is 1720. The number of amides is 1. The average molecular weight is 655 g/mol. The molecule has 1 heterocycles. The normalized spacial score (nSPS) is 22.7. The molecule has 1 aliphatic carbocycles. The Kier molecular flexibility index (Phi) is 8.99. The summed E-state index contributed by atoms with van der Waals surface area (Å²) in [7, 11) is -3.85. The number of carbonyl (C=O) groups is 2. The lowest BCUT2D eigenvalue weighted by Gasteiger charge is -2.52. The van der Waals surface area contributed by atoms with Crippen LogP contribution in [0.3, 0.4) is 0 Å². The quantitative estimate of drug-likeness (QED) is 0.262. The molecule has 4 atom stereocenters. The Balaban J connectivity index is 1.71. The van der Waals surface area contributed by atoms with Crippen molar-refractivity contribution in [3.8, 4) is 6.07 Å². The summed E-state index contributed by atoms with van der Waals surface area (Å²) in [4.78, 5) is 28.6. The predicted molar refractivity (Wildman–Crippen MR) is 170 cm³/mol. The van der Waals surface area contributed by atoms with Crippen molar-refractivity contribution in [1.29, 1.82) is 5.26 Å². The largest absolute Gasteiger partial charge is 0.481 e. The van der Waals surface area contributed by atoms with E-state index < -0.39 is 33.5 Å². The van der Waals surface area contributed by atoms with Crippen molar-refractivity contribution in [3.63, 3.8) is 0 Å². The summed E-state index contributed by atoms with van der Waals surface area (Å²) >= 11 is 12.7. The van der Waals surface area contributed by atoms with Gasteiger partial charge in [0.1, 0.15) is 0 Å². The molecule has 4 unspecified atom stereocenters. The number of nitriles is 1. The van der Waals surface area contributed by atoms with Gasteiger partial charge in [0.15, 0.2) is 0 Å². The maximum Gasteiger partial charge on any atom is 0.304 e. The number of sulfonamides is 1. The second kappa shape index (κ2) is 12.4. The molecule has 2 aliphatic rings. The van der Waals surface area contributed by atoms with Crippen LogP contribution >= 0.6 is 23.2 Å². The van der Waals surface area contributed by atoms with Gasteiger partial charge in [-0.15, -0.1) is 0 Å². The van der Waals surface area contributed by atoms with Gasteiger partial charge in [0.05, 0.1) is 54.0 Å². The van der Waals surface area contributed by atoms with E-state index in [1.807, 2.05) is 30.3 Å². The van der Waals surface area contributed by atoms with E-state index in [1.165, 1.54) is 10.4 Å². The lowest BCUT2D eigenvalue weighted by atomic mass is 9.67. The summed E-state index contributed by atoms with van der Waals surface area (Å²) in [5.74, 6) is -1.80. The first-order chi connectivity index (χ1) is 20.8. The number of nitrogens with zero attached hydrogens (tertiary/aromatic N) is 3. The third kappa shape index (κ3) is 6.73. The molecule has 1 saturated heterocycles. The van der Waals surface area contributed by atoms with E-state index in [1.54, 1.807) is 48.2 Å². The minimum absolute atomic E-state index is 0.00987. The number of hydrogen-bond donors (Lipinski definition) is 1. The van der Waals surface area contributed by atoms with Gasteiger partial charge < -0.3 is 10.0 Å².